The van der Waals surface area contributed by atoms with E-state index in [1.807, 2.05) is 47.4 Å². The molecule has 0 aliphatic carbocycles. The predicted molar refractivity (Wildman–Crippen MR) is 104 cm³/mol. The van der Waals surface area contributed by atoms with Crippen LogP contribution in [0.15, 0.2) is 46.9 Å². The summed E-state index contributed by atoms with van der Waals surface area (Å²) in [7, 11) is 1.70. The number of nitrogens with zero attached hydrogens (tertiary/aromatic N) is 2. The van der Waals surface area contributed by atoms with E-state index in [4.69, 9.17) is 9.15 Å². The van der Waals surface area contributed by atoms with Crippen molar-refractivity contribution in [2.75, 3.05) is 46.4 Å². The summed E-state index contributed by atoms with van der Waals surface area (Å²) in [5.74, 6) is -0.840. The number of benzene rings is 2. The summed E-state index contributed by atoms with van der Waals surface area (Å²) in [6.45, 7) is 4.66. The van der Waals surface area contributed by atoms with Gasteiger partial charge in [0.15, 0.2) is 0 Å². The molecule has 1 aliphatic heterocycles. The van der Waals surface area contributed by atoms with Gasteiger partial charge in [0.05, 0.1) is 6.61 Å². The molecule has 0 spiro atoms. The van der Waals surface area contributed by atoms with Crippen LogP contribution in [0, 0.1) is 0 Å². The number of ether oxygens (including phenoxy) is 1. The zero-order chi connectivity index (χ0) is 18.8. The van der Waals surface area contributed by atoms with Gasteiger partial charge in [-0.1, -0.05) is 36.4 Å². The van der Waals surface area contributed by atoms with E-state index in [9.17, 15) is 9.90 Å². The predicted octanol–water partition coefficient (Wildman–Crippen LogP) is 2.98. The summed E-state index contributed by atoms with van der Waals surface area (Å²) in [5.41, 5.74) is 2.18. The molecule has 1 N–H and O–H groups in total. The number of carbonyl (C=O) groups is 1. The lowest BCUT2D eigenvalue weighted by atomic mass is 10.0. The van der Waals surface area contributed by atoms with Crippen LogP contribution < -0.4 is 0 Å². The van der Waals surface area contributed by atoms with E-state index < -0.39 is 12.0 Å². The largest absolute Gasteiger partial charge is 0.480 e. The van der Waals surface area contributed by atoms with E-state index >= 15 is 0 Å². The van der Waals surface area contributed by atoms with Gasteiger partial charge in [-0.15, -0.1) is 0 Å². The number of para-hydroxylation sites is 2. The Kier molecular flexibility index (Phi) is 5.11. The molecule has 142 valence electrons. The summed E-state index contributed by atoms with van der Waals surface area (Å²) >= 11 is 0. The lowest BCUT2D eigenvalue weighted by Gasteiger charge is -2.37. The average molecular weight is 368 g/mol. The van der Waals surface area contributed by atoms with Crippen molar-refractivity contribution in [3.63, 3.8) is 0 Å². The van der Waals surface area contributed by atoms with Crippen LogP contribution in [0.2, 0.25) is 0 Å². The van der Waals surface area contributed by atoms with Crippen molar-refractivity contribution in [2.24, 2.45) is 0 Å². The van der Waals surface area contributed by atoms with Crippen molar-refractivity contribution in [1.82, 2.24) is 9.80 Å². The fourth-order valence-corrected chi connectivity index (χ4v) is 3.94. The highest BCUT2D eigenvalue weighted by Gasteiger charge is 2.32. The molecule has 0 saturated carbocycles. The number of methoxy groups -OCH3 is 1. The van der Waals surface area contributed by atoms with Gasteiger partial charge < -0.3 is 14.3 Å². The second-order valence-electron chi connectivity index (χ2n) is 6.93. The minimum atomic E-state index is -0.840. The van der Waals surface area contributed by atoms with E-state index in [1.54, 1.807) is 7.11 Å². The molecule has 1 unspecified atom stereocenters. The molecule has 1 fully saturated rings. The first-order valence-electron chi connectivity index (χ1n) is 9.27. The third kappa shape index (κ3) is 3.43. The van der Waals surface area contributed by atoms with Gasteiger partial charge in [0, 0.05) is 56.2 Å². The number of piperazine rings is 1. The molecule has 1 aromatic heterocycles. The Balaban J connectivity index is 1.66. The van der Waals surface area contributed by atoms with E-state index in [0.717, 1.165) is 41.6 Å². The highest BCUT2D eigenvalue weighted by atomic mass is 16.5. The first kappa shape index (κ1) is 18.0. The van der Waals surface area contributed by atoms with Crippen LogP contribution in [0.5, 0.6) is 0 Å². The topological polar surface area (TPSA) is 66.2 Å². The highest BCUT2D eigenvalue weighted by Crippen LogP contribution is 2.35. The normalized spacial score (nSPS) is 17.5. The molecule has 1 saturated heterocycles. The van der Waals surface area contributed by atoms with E-state index in [1.165, 1.54) is 0 Å². The number of hydrogen-bond acceptors (Lipinski definition) is 5. The third-order valence-electron chi connectivity index (χ3n) is 5.35. The summed E-state index contributed by atoms with van der Waals surface area (Å²) in [6.07, 6.45) is 0. The van der Waals surface area contributed by atoms with Crippen molar-refractivity contribution >= 4 is 27.9 Å². The van der Waals surface area contributed by atoms with Gasteiger partial charge >= 0.3 is 5.97 Å². The molecule has 1 aliphatic rings. The average Bonchev–Trinajstić information content (AvgIpc) is 3.07. The first-order chi connectivity index (χ1) is 13.2. The molecule has 6 nitrogen and oxygen atoms in total. The molecule has 3 aromatic rings. The number of furan rings is 1. The summed E-state index contributed by atoms with van der Waals surface area (Å²) in [6, 6.07) is 12.9. The number of aliphatic carboxylic acids is 1. The van der Waals surface area contributed by atoms with Crippen molar-refractivity contribution in [3.05, 3.63) is 48.0 Å². The number of fused-ring (bicyclic) bond motifs is 3. The Bertz CT molecular complexity index is 944. The third-order valence-corrected chi connectivity index (χ3v) is 5.35. The molecule has 0 bridgehead atoms. The van der Waals surface area contributed by atoms with Crippen LogP contribution in [0.3, 0.4) is 0 Å². The maximum atomic E-state index is 12.2. The van der Waals surface area contributed by atoms with Crippen LogP contribution in [-0.4, -0.2) is 67.3 Å². The smallest absolute Gasteiger partial charge is 0.325 e. The van der Waals surface area contributed by atoms with E-state index in [0.29, 0.717) is 25.3 Å². The lowest BCUT2D eigenvalue weighted by Crippen LogP contribution is -2.49. The second kappa shape index (κ2) is 7.68. The van der Waals surface area contributed by atoms with Gasteiger partial charge in [0.2, 0.25) is 0 Å². The first-order valence-corrected chi connectivity index (χ1v) is 9.27. The molecular weight excluding hydrogens is 344 g/mol. The summed E-state index contributed by atoms with van der Waals surface area (Å²) < 4.78 is 11.2. The molecule has 2 heterocycles. The lowest BCUT2D eigenvalue weighted by molar-refractivity contribution is -0.144. The fraction of sp³-hybridized carbons (Fsp3) is 0.381. The summed E-state index contributed by atoms with van der Waals surface area (Å²) in [4.78, 5) is 16.5. The SMILES string of the molecule is COCCN1CCN(C(C(=O)O)c2cccc3c2oc2ccccc23)CC1. The minimum absolute atomic E-state index is 0.674. The van der Waals surface area contributed by atoms with Crippen molar-refractivity contribution < 1.29 is 19.1 Å². The van der Waals surface area contributed by atoms with Crippen molar-refractivity contribution in [3.8, 4) is 0 Å². The van der Waals surface area contributed by atoms with Crippen molar-refractivity contribution in [2.45, 2.75) is 6.04 Å². The minimum Gasteiger partial charge on any atom is -0.480 e. The Morgan fingerprint density at radius 1 is 1.11 bits per heavy atom. The maximum absolute atomic E-state index is 12.2. The maximum Gasteiger partial charge on any atom is 0.325 e. The van der Waals surface area contributed by atoms with Gasteiger partial charge in [-0.25, -0.2) is 0 Å². The van der Waals surface area contributed by atoms with Gasteiger partial charge in [-0.2, -0.15) is 0 Å². The Morgan fingerprint density at radius 2 is 1.85 bits per heavy atom. The highest BCUT2D eigenvalue weighted by molar-refractivity contribution is 6.06. The van der Waals surface area contributed by atoms with Crippen LogP contribution in [0.1, 0.15) is 11.6 Å². The van der Waals surface area contributed by atoms with Gasteiger partial charge in [-0.3, -0.25) is 14.6 Å². The number of carboxylic acids is 1. The molecule has 0 amide bonds. The molecule has 1 atom stereocenters. The van der Waals surface area contributed by atoms with E-state index in [2.05, 4.69) is 4.90 Å². The molecule has 4 rings (SSSR count). The zero-order valence-electron chi connectivity index (χ0n) is 15.4. The molecule has 27 heavy (non-hydrogen) atoms. The van der Waals surface area contributed by atoms with Gasteiger partial charge in [-0.05, 0) is 6.07 Å². The van der Waals surface area contributed by atoms with E-state index in [-0.39, 0.29) is 0 Å². The fourth-order valence-electron chi connectivity index (χ4n) is 3.94. The van der Waals surface area contributed by atoms with Crippen LogP contribution in [0.4, 0.5) is 0 Å². The summed E-state index contributed by atoms with van der Waals surface area (Å²) in [5, 5.41) is 12.0. The number of carboxylic acid groups (broad SMARTS) is 1. The molecule has 0 radical (unpaired) electrons. The Labute approximate surface area is 157 Å². The Morgan fingerprint density at radius 3 is 2.59 bits per heavy atom. The number of hydrogen-bond donors (Lipinski definition) is 1. The Hall–Kier alpha value is -2.41. The monoisotopic (exact) mass is 368 g/mol. The van der Waals surface area contributed by atoms with Crippen LogP contribution in [-0.2, 0) is 9.53 Å². The molecule has 6 heteroatoms. The van der Waals surface area contributed by atoms with Gasteiger partial charge in [0.1, 0.15) is 17.2 Å². The zero-order valence-corrected chi connectivity index (χ0v) is 15.4. The van der Waals surface area contributed by atoms with Gasteiger partial charge in [0.25, 0.3) is 0 Å². The van der Waals surface area contributed by atoms with Crippen molar-refractivity contribution in [1.29, 1.82) is 0 Å². The molecule has 2 aromatic carbocycles. The molecular formula is C21H24N2O4. The van der Waals surface area contributed by atoms with Crippen LogP contribution in [0.25, 0.3) is 21.9 Å². The standard InChI is InChI=1S/C21H24N2O4/c1-26-14-13-22-9-11-23(12-10-22)19(21(24)25)17-7-4-6-16-15-5-2-3-8-18(15)27-20(16)17/h2-8,19H,9-14H2,1H3,(H,24,25). The van der Waals surface area contributed by atoms with Crippen LogP contribution >= 0.6 is 0 Å². The quantitative estimate of drug-likeness (QED) is 0.722. The second-order valence-corrected chi connectivity index (χ2v) is 6.93. The number of rotatable bonds is 6.